The van der Waals surface area contributed by atoms with Gasteiger partial charge in [0.2, 0.25) is 15.6 Å². The minimum absolute atomic E-state index is 0.491. The molecule has 1 aliphatic heterocycles. The Morgan fingerprint density at radius 3 is 1.96 bits per heavy atom. The Bertz CT molecular complexity index is 751. The minimum atomic E-state index is -5.85. The summed E-state index contributed by atoms with van der Waals surface area (Å²) in [7, 11) is -5.04. The van der Waals surface area contributed by atoms with Crippen LogP contribution < -0.4 is 0 Å². The van der Waals surface area contributed by atoms with Gasteiger partial charge >= 0.3 is 12.4 Å². The number of sulfonamides is 1. The van der Waals surface area contributed by atoms with E-state index in [1.165, 1.54) is 12.1 Å². The van der Waals surface area contributed by atoms with Gasteiger partial charge in [-0.3, -0.25) is 0 Å². The van der Waals surface area contributed by atoms with E-state index in [9.17, 15) is 34.8 Å². The van der Waals surface area contributed by atoms with Gasteiger partial charge in [0, 0.05) is 12.5 Å². The number of benzene rings is 1. The lowest BCUT2D eigenvalue weighted by Gasteiger charge is -2.48. The molecule has 0 fully saturated rings. The van der Waals surface area contributed by atoms with Gasteiger partial charge in [0.15, 0.2) is 0 Å². The summed E-state index contributed by atoms with van der Waals surface area (Å²) in [5.74, 6) is -2.14. The number of hydrogen-bond donors (Lipinski definition) is 0. The molecule has 1 unspecified atom stereocenters. The fourth-order valence-electron chi connectivity index (χ4n) is 2.96. The van der Waals surface area contributed by atoms with Gasteiger partial charge in [-0.2, -0.15) is 30.6 Å². The summed E-state index contributed by atoms with van der Waals surface area (Å²) in [5, 5.41) is 0. The molecule has 1 aromatic rings. The molecule has 0 amide bonds. The molecule has 1 atom stereocenters. The maximum Gasteiger partial charge on any atom is 0.417 e. The van der Waals surface area contributed by atoms with E-state index in [1.54, 1.807) is 6.92 Å². The molecule has 25 heavy (non-hydrogen) atoms. The summed E-state index contributed by atoms with van der Waals surface area (Å²) in [6.07, 6.45) is -9.98. The number of nitrogens with zero attached hydrogens (tertiary/aromatic N) is 1. The van der Waals surface area contributed by atoms with Crippen molar-refractivity contribution in [1.29, 1.82) is 0 Å². The zero-order valence-corrected chi connectivity index (χ0v) is 14.0. The Hall–Kier alpha value is -1.55. The number of alkyl halides is 6. The predicted octanol–water partition coefficient (Wildman–Crippen LogP) is 4.06. The van der Waals surface area contributed by atoms with Crippen molar-refractivity contribution in [2.45, 2.75) is 36.6 Å². The first kappa shape index (κ1) is 19.8. The molecule has 0 bridgehead atoms. The third kappa shape index (κ3) is 2.95. The standard InChI is InChI=1S/C15H15F6NO2S/c1-10-5-7-12(8-6-10)25(23,24)22-9-3-4-11(2)13(22,14(16,17)18)15(19,20)21/h3-8,11H,9H2,1-2H3. The molecule has 0 aromatic heterocycles. The molecule has 0 saturated carbocycles. The zero-order chi connectivity index (χ0) is 19.3. The molecule has 10 heteroatoms. The van der Waals surface area contributed by atoms with Crippen molar-refractivity contribution in [3.05, 3.63) is 42.0 Å². The molecule has 2 rings (SSSR count). The van der Waals surface area contributed by atoms with Crippen molar-refractivity contribution in [2.75, 3.05) is 6.54 Å². The molecular weight excluding hydrogens is 372 g/mol. The predicted molar refractivity (Wildman–Crippen MR) is 78.2 cm³/mol. The first-order valence-electron chi connectivity index (χ1n) is 7.16. The lowest BCUT2D eigenvalue weighted by molar-refractivity contribution is -0.338. The molecular formula is C15H15F6NO2S. The lowest BCUT2D eigenvalue weighted by atomic mass is 9.81. The van der Waals surface area contributed by atoms with Crippen LogP contribution in [-0.2, 0) is 10.0 Å². The fraction of sp³-hybridized carbons (Fsp3) is 0.467. The topological polar surface area (TPSA) is 37.4 Å². The highest BCUT2D eigenvalue weighted by molar-refractivity contribution is 7.89. The Morgan fingerprint density at radius 1 is 1.04 bits per heavy atom. The first-order valence-corrected chi connectivity index (χ1v) is 8.60. The highest BCUT2D eigenvalue weighted by atomic mass is 32.2. The third-order valence-electron chi connectivity index (χ3n) is 4.22. The van der Waals surface area contributed by atoms with Crippen molar-refractivity contribution < 1.29 is 34.8 Å². The van der Waals surface area contributed by atoms with E-state index in [4.69, 9.17) is 0 Å². The molecule has 0 spiro atoms. The largest absolute Gasteiger partial charge is 0.417 e. The number of hydrogen-bond acceptors (Lipinski definition) is 2. The van der Waals surface area contributed by atoms with Gasteiger partial charge in [-0.25, -0.2) is 8.42 Å². The van der Waals surface area contributed by atoms with E-state index in [0.29, 0.717) is 12.5 Å². The number of aryl methyl sites for hydroxylation is 1. The zero-order valence-electron chi connectivity index (χ0n) is 13.2. The summed E-state index contributed by atoms with van der Waals surface area (Å²) < 4.78 is 107. The van der Waals surface area contributed by atoms with Crippen LogP contribution in [0.5, 0.6) is 0 Å². The normalized spacial score (nSPS) is 22.2. The average molecular weight is 387 g/mol. The maximum absolute atomic E-state index is 13.6. The second-order valence-electron chi connectivity index (χ2n) is 5.83. The smallest absolute Gasteiger partial charge is 0.207 e. The average Bonchev–Trinajstić information content (AvgIpc) is 2.44. The van der Waals surface area contributed by atoms with E-state index in [-0.39, 0.29) is 0 Å². The van der Waals surface area contributed by atoms with Gasteiger partial charge in [-0.15, -0.1) is 0 Å². The van der Waals surface area contributed by atoms with Crippen molar-refractivity contribution in [1.82, 2.24) is 4.31 Å². The molecule has 0 saturated heterocycles. The van der Waals surface area contributed by atoms with E-state index in [0.717, 1.165) is 24.3 Å². The Kier molecular flexibility index (Phi) is 4.75. The van der Waals surface area contributed by atoms with Gasteiger partial charge in [0.1, 0.15) is 0 Å². The van der Waals surface area contributed by atoms with Crippen LogP contribution in [0.4, 0.5) is 26.3 Å². The Balaban J connectivity index is 2.76. The van der Waals surface area contributed by atoms with Crippen LogP contribution in [-0.4, -0.2) is 37.2 Å². The van der Waals surface area contributed by atoms with E-state index in [1.807, 2.05) is 0 Å². The summed E-state index contributed by atoms with van der Waals surface area (Å²) >= 11 is 0. The summed E-state index contributed by atoms with van der Waals surface area (Å²) in [6.45, 7) is 1.28. The Morgan fingerprint density at radius 2 is 1.52 bits per heavy atom. The molecule has 0 N–H and O–H groups in total. The highest BCUT2D eigenvalue weighted by Crippen LogP contribution is 2.54. The van der Waals surface area contributed by atoms with Crippen molar-refractivity contribution >= 4 is 10.0 Å². The molecule has 1 heterocycles. The van der Waals surface area contributed by atoms with Crippen molar-refractivity contribution in [3.8, 4) is 0 Å². The second kappa shape index (κ2) is 6.01. The van der Waals surface area contributed by atoms with Gasteiger partial charge in [0.25, 0.3) is 0 Å². The monoisotopic (exact) mass is 387 g/mol. The van der Waals surface area contributed by atoms with Crippen molar-refractivity contribution in [3.63, 3.8) is 0 Å². The summed E-state index contributed by atoms with van der Waals surface area (Å²) in [4.78, 5) is -0.626. The van der Waals surface area contributed by atoms with Crippen LogP contribution in [0.25, 0.3) is 0 Å². The summed E-state index contributed by atoms with van der Waals surface area (Å²) in [6, 6.07) is 4.59. The number of rotatable bonds is 2. The second-order valence-corrected chi connectivity index (χ2v) is 7.69. The quantitative estimate of drug-likeness (QED) is 0.567. The first-order chi connectivity index (χ1) is 11.3. The van der Waals surface area contributed by atoms with Crippen LogP contribution in [0, 0.1) is 12.8 Å². The fourth-order valence-corrected chi connectivity index (χ4v) is 4.73. The van der Waals surface area contributed by atoms with Crippen LogP contribution in [0.2, 0.25) is 0 Å². The van der Waals surface area contributed by atoms with E-state index < -0.39 is 49.6 Å². The van der Waals surface area contributed by atoms with Gasteiger partial charge < -0.3 is 0 Å². The highest BCUT2D eigenvalue weighted by Gasteiger charge is 2.78. The van der Waals surface area contributed by atoms with Crippen LogP contribution in [0.15, 0.2) is 41.3 Å². The lowest BCUT2D eigenvalue weighted by Crippen LogP contribution is -2.72. The SMILES string of the molecule is Cc1ccc(S(=O)(=O)N2CC=CC(C)C2(C(F)(F)F)C(F)(F)F)cc1. The number of halogens is 6. The van der Waals surface area contributed by atoms with Crippen LogP contribution >= 0.6 is 0 Å². The maximum atomic E-state index is 13.6. The molecule has 0 radical (unpaired) electrons. The van der Waals surface area contributed by atoms with Gasteiger partial charge in [-0.1, -0.05) is 36.8 Å². The molecule has 1 aromatic carbocycles. The Labute approximate surface area is 141 Å². The van der Waals surface area contributed by atoms with Crippen LogP contribution in [0.1, 0.15) is 12.5 Å². The summed E-state index contributed by atoms with van der Waals surface area (Å²) in [5.41, 5.74) is -3.91. The third-order valence-corrected chi connectivity index (χ3v) is 6.11. The van der Waals surface area contributed by atoms with Gasteiger partial charge in [-0.05, 0) is 19.1 Å². The molecule has 3 nitrogen and oxygen atoms in total. The van der Waals surface area contributed by atoms with Gasteiger partial charge in [0.05, 0.1) is 4.90 Å². The molecule has 140 valence electrons. The van der Waals surface area contributed by atoms with Crippen LogP contribution in [0.3, 0.4) is 0 Å². The van der Waals surface area contributed by atoms with E-state index in [2.05, 4.69) is 0 Å². The van der Waals surface area contributed by atoms with E-state index >= 15 is 0 Å². The molecule has 0 aliphatic carbocycles. The molecule has 1 aliphatic rings. The minimum Gasteiger partial charge on any atom is -0.207 e. The van der Waals surface area contributed by atoms with Crippen molar-refractivity contribution in [2.24, 2.45) is 5.92 Å².